The van der Waals surface area contributed by atoms with E-state index in [-0.39, 0.29) is 11.8 Å². The van der Waals surface area contributed by atoms with Gasteiger partial charge in [0.1, 0.15) is 11.6 Å². The summed E-state index contributed by atoms with van der Waals surface area (Å²) in [7, 11) is 0. The summed E-state index contributed by atoms with van der Waals surface area (Å²) >= 11 is 0. The fraction of sp³-hybridized carbons (Fsp3) is 0.526. The summed E-state index contributed by atoms with van der Waals surface area (Å²) in [4.78, 5) is 41.3. The van der Waals surface area contributed by atoms with Crippen LogP contribution < -0.4 is 5.32 Å². The minimum absolute atomic E-state index is 0.156. The van der Waals surface area contributed by atoms with E-state index in [1.807, 2.05) is 38.1 Å². The molecule has 1 N–H and O–H groups in total. The molecule has 1 aromatic rings. The first-order valence-electron chi connectivity index (χ1n) is 8.92. The number of benzene rings is 1. The van der Waals surface area contributed by atoms with Gasteiger partial charge in [-0.05, 0) is 38.7 Å². The van der Waals surface area contributed by atoms with Gasteiger partial charge in [-0.3, -0.25) is 9.59 Å². The smallest absolute Gasteiger partial charge is 0.326 e. The first kappa shape index (κ1) is 17.5. The van der Waals surface area contributed by atoms with E-state index in [1.165, 1.54) is 0 Å². The Morgan fingerprint density at radius 1 is 1.20 bits per heavy atom. The summed E-state index contributed by atoms with van der Waals surface area (Å²) in [5.41, 5.74) is 0.744. The molecule has 6 heteroatoms. The largest absolute Gasteiger partial charge is 0.341 e. The van der Waals surface area contributed by atoms with Crippen LogP contribution in [-0.4, -0.2) is 46.8 Å². The highest BCUT2D eigenvalue weighted by molar-refractivity contribution is 6.10. The fourth-order valence-corrected chi connectivity index (χ4v) is 3.74. The monoisotopic (exact) mass is 343 g/mol. The van der Waals surface area contributed by atoms with E-state index in [4.69, 9.17) is 0 Å². The van der Waals surface area contributed by atoms with Gasteiger partial charge in [0, 0.05) is 13.1 Å². The minimum atomic E-state index is -1.09. The SMILES string of the molecule is CC[C@]1(c2ccc(C)cc2)NC(=O)N([C@H](C)C(=O)N2CCCC2)C1=O. The van der Waals surface area contributed by atoms with Crippen LogP contribution in [0.2, 0.25) is 0 Å². The fourth-order valence-electron chi connectivity index (χ4n) is 3.74. The quantitative estimate of drug-likeness (QED) is 0.852. The Hall–Kier alpha value is -2.37. The summed E-state index contributed by atoms with van der Waals surface area (Å²) in [6.07, 6.45) is 2.38. The molecule has 0 radical (unpaired) electrons. The first-order valence-corrected chi connectivity index (χ1v) is 8.92. The molecule has 2 fully saturated rings. The number of urea groups is 1. The number of hydrogen-bond acceptors (Lipinski definition) is 3. The third-order valence-corrected chi connectivity index (χ3v) is 5.36. The highest BCUT2D eigenvalue weighted by atomic mass is 16.2. The molecular formula is C19H25N3O3. The molecular weight excluding hydrogens is 318 g/mol. The molecule has 0 saturated carbocycles. The number of rotatable bonds is 4. The summed E-state index contributed by atoms with van der Waals surface area (Å²) in [5, 5.41) is 2.85. The maximum Gasteiger partial charge on any atom is 0.326 e. The number of hydrogen-bond donors (Lipinski definition) is 1. The van der Waals surface area contributed by atoms with Gasteiger partial charge in [-0.1, -0.05) is 36.8 Å². The van der Waals surface area contributed by atoms with Gasteiger partial charge in [0.15, 0.2) is 0 Å². The lowest BCUT2D eigenvalue weighted by atomic mass is 9.86. The molecule has 6 nitrogen and oxygen atoms in total. The van der Waals surface area contributed by atoms with E-state index >= 15 is 0 Å². The van der Waals surface area contributed by atoms with E-state index < -0.39 is 17.6 Å². The zero-order chi connectivity index (χ0) is 18.2. The Balaban J connectivity index is 1.90. The lowest BCUT2D eigenvalue weighted by Gasteiger charge is -2.28. The Kier molecular flexibility index (Phi) is 4.54. The highest BCUT2D eigenvalue weighted by Gasteiger charge is 2.54. The molecule has 0 spiro atoms. The van der Waals surface area contributed by atoms with Gasteiger partial charge in [0.25, 0.3) is 5.91 Å². The maximum atomic E-state index is 13.2. The van der Waals surface area contributed by atoms with E-state index in [0.29, 0.717) is 19.5 Å². The maximum absolute atomic E-state index is 13.2. The van der Waals surface area contributed by atoms with Crippen molar-refractivity contribution in [3.05, 3.63) is 35.4 Å². The van der Waals surface area contributed by atoms with Gasteiger partial charge in [0.2, 0.25) is 5.91 Å². The number of imide groups is 1. The first-order chi connectivity index (χ1) is 11.9. The summed E-state index contributed by atoms with van der Waals surface area (Å²) in [6.45, 7) is 6.88. The Morgan fingerprint density at radius 2 is 1.80 bits per heavy atom. The molecule has 0 bridgehead atoms. The number of carbonyl (C=O) groups excluding carboxylic acids is 3. The Bertz CT molecular complexity index is 694. The van der Waals surface area contributed by atoms with Crippen molar-refractivity contribution in [1.82, 2.24) is 15.1 Å². The second-order valence-corrected chi connectivity index (χ2v) is 6.94. The second kappa shape index (κ2) is 6.50. The molecule has 0 unspecified atom stereocenters. The molecule has 1 aromatic carbocycles. The van der Waals surface area contributed by atoms with Crippen molar-refractivity contribution >= 4 is 17.8 Å². The lowest BCUT2D eigenvalue weighted by molar-refractivity contribution is -0.142. The van der Waals surface area contributed by atoms with E-state index in [2.05, 4.69) is 5.32 Å². The molecule has 4 amide bonds. The Labute approximate surface area is 148 Å². The van der Waals surface area contributed by atoms with Crippen molar-refractivity contribution in [3.63, 3.8) is 0 Å². The number of nitrogens with one attached hydrogen (secondary N) is 1. The normalized spacial score (nSPS) is 24.6. The number of likely N-dealkylation sites (tertiary alicyclic amines) is 1. The van der Waals surface area contributed by atoms with Crippen LogP contribution in [0.4, 0.5) is 4.79 Å². The van der Waals surface area contributed by atoms with Gasteiger partial charge >= 0.3 is 6.03 Å². The molecule has 2 atom stereocenters. The van der Waals surface area contributed by atoms with Crippen molar-refractivity contribution in [3.8, 4) is 0 Å². The van der Waals surface area contributed by atoms with Crippen molar-refractivity contribution in [1.29, 1.82) is 0 Å². The zero-order valence-corrected chi connectivity index (χ0v) is 15.0. The Morgan fingerprint density at radius 3 is 2.36 bits per heavy atom. The van der Waals surface area contributed by atoms with Crippen LogP contribution in [0.1, 0.15) is 44.2 Å². The van der Waals surface area contributed by atoms with Crippen molar-refractivity contribution in [2.75, 3.05) is 13.1 Å². The average Bonchev–Trinajstić information content (AvgIpc) is 3.21. The van der Waals surface area contributed by atoms with Crippen LogP contribution >= 0.6 is 0 Å². The number of carbonyl (C=O) groups is 3. The topological polar surface area (TPSA) is 69.7 Å². The predicted molar refractivity (Wildman–Crippen MR) is 93.8 cm³/mol. The summed E-state index contributed by atoms with van der Waals surface area (Å²) in [6, 6.07) is 6.30. The molecule has 3 rings (SSSR count). The molecule has 2 heterocycles. The van der Waals surface area contributed by atoms with Crippen LogP contribution in [0.3, 0.4) is 0 Å². The molecule has 134 valence electrons. The van der Waals surface area contributed by atoms with Crippen molar-refractivity contribution in [2.24, 2.45) is 0 Å². The van der Waals surface area contributed by atoms with Gasteiger partial charge in [0.05, 0.1) is 0 Å². The minimum Gasteiger partial charge on any atom is -0.341 e. The third-order valence-electron chi connectivity index (χ3n) is 5.36. The summed E-state index contributed by atoms with van der Waals surface area (Å²) in [5.74, 6) is -0.499. The van der Waals surface area contributed by atoms with Crippen LogP contribution in [0.25, 0.3) is 0 Å². The highest BCUT2D eigenvalue weighted by Crippen LogP contribution is 2.34. The zero-order valence-electron chi connectivity index (χ0n) is 15.0. The van der Waals surface area contributed by atoms with Crippen LogP contribution in [0, 0.1) is 6.92 Å². The van der Waals surface area contributed by atoms with Gasteiger partial charge in [-0.2, -0.15) is 0 Å². The van der Waals surface area contributed by atoms with Crippen LogP contribution in [0.15, 0.2) is 24.3 Å². The van der Waals surface area contributed by atoms with E-state index in [9.17, 15) is 14.4 Å². The van der Waals surface area contributed by atoms with Gasteiger partial charge in [-0.25, -0.2) is 9.69 Å². The van der Waals surface area contributed by atoms with Gasteiger partial charge < -0.3 is 10.2 Å². The molecule has 0 aromatic heterocycles. The number of nitrogens with zero attached hydrogens (tertiary/aromatic N) is 2. The van der Waals surface area contributed by atoms with Crippen molar-refractivity contribution < 1.29 is 14.4 Å². The summed E-state index contributed by atoms with van der Waals surface area (Å²) < 4.78 is 0. The molecule has 2 aliphatic rings. The second-order valence-electron chi connectivity index (χ2n) is 6.94. The predicted octanol–water partition coefficient (Wildman–Crippen LogP) is 2.16. The number of aryl methyl sites for hydroxylation is 1. The molecule has 2 saturated heterocycles. The number of amides is 4. The lowest BCUT2D eigenvalue weighted by Crippen LogP contribution is -2.50. The molecule has 2 aliphatic heterocycles. The van der Waals surface area contributed by atoms with E-state index in [0.717, 1.165) is 28.9 Å². The standard InChI is InChI=1S/C19H25N3O3/c1-4-19(15-9-7-13(2)8-10-15)17(24)22(18(25)20-19)14(3)16(23)21-11-5-6-12-21/h7-10,14H,4-6,11-12H2,1-3H3,(H,20,25)/t14-,19-/m1/s1. The van der Waals surface area contributed by atoms with Crippen LogP contribution in [-0.2, 0) is 15.1 Å². The van der Waals surface area contributed by atoms with Gasteiger partial charge in [-0.15, -0.1) is 0 Å². The molecule has 25 heavy (non-hydrogen) atoms. The molecule has 0 aliphatic carbocycles. The third kappa shape index (κ3) is 2.79. The van der Waals surface area contributed by atoms with Crippen molar-refractivity contribution in [2.45, 2.75) is 51.6 Å². The average molecular weight is 343 g/mol. The van der Waals surface area contributed by atoms with Crippen LogP contribution in [0.5, 0.6) is 0 Å². The van der Waals surface area contributed by atoms with E-state index in [1.54, 1.807) is 11.8 Å².